The van der Waals surface area contributed by atoms with Crippen LogP contribution in [0.3, 0.4) is 0 Å². The number of aromatic nitrogens is 2. The van der Waals surface area contributed by atoms with Crippen LogP contribution in [-0.2, 0) is 22.4 Å². The first-order valence-electron chi connectivity index (χ1n) is 3.03. The third kappa shape index (κ3) is 1.62. The van der Waals surface area contributed by atoms with Crippen molar-refractivity contribution in [2.24, 2.45) is 0 Å². The predicted molar refractivity (Wildman–Crippen MR) is 43.5 cm³/mol. The molecule has 0 aliphatic rings. The van der Waals surface area contributed by atoms with Gasteiger partial charge in [0.15, 0.2) is 4.77 Å². The molecule has 0 amide bonds. The zero-order valence-electron chi connectivity index (χ0n) is 5.52. The molecule has 0 atom stereocenters. The Morgan fingerprint density at radius 3 is 1.91 bits per heavy atom. The van der Waals surface area contributed by atoms with Gasteiger partial charge in [-0.2, -0.15) is 0 Å². The second kappa shape index (κ2) is 3.36. The van der Waals surface area contributed by atoms with Crippen LogP contribution >= 0.6 is 12.2 Å². The third-order valence-electron chi connectivity index (χ3n) is 1.42. The van der Waals surface area contributed by atoms with Crippen molar-refractivity contribution < 1.29 is 22.4 Å². The monoisotopic (exact) mass is 347 g/mol. The van der Waals surface area contributed by atoms with E-state index in [1.54, 1.807) is 0 Å². The average molecular weight is 347 g/mol. The Labute approximate surface area is 84.5 Å². The number of para-hydroxylation sites is 2. The van der Waals surface area contributed by atoms with Crippen LogP contribution in [0.25, 0.3) is 11.0 Å². The maximum atomic E-state index is 4.90. The summed E-state index contributed by atoms with van der Waals surface area (Å²) in [4.78, 5) is 6.04. The number of rotatable bonds is 0. The number of hydrogen-bond donors (Lipinski definition) is 2. The van der Waals surface area contributed by atoms with Crippen molar-refractivity contribution in [1.82, 2.24) is 9.97 Å². The van der Waals surface area contributed by atoms with Gasteiger partial charge in [-0.15, -0.1) is 0 Å². The van der Waals surface area contributed by atoms with Crippen molar-refractivity contribution in [3.05, 3.63) is 29.0 Å². The SMILES string of the molecule is S=c1[nH]c2ccccc2[nH]1.[Au+]. The molecule has 2 rings (SSSR count). The molecule has 60 valence electrons. The van der Waals surface area contributed by atoms with E-state index in [0.717, 1.165) is 11.0 Å². The van der Waals surface area contributed by atoms with Crippen LogP contribution in [-0.4, -0.2) is 9.97 Å². The summed E-state index contributed by atoms with van der Waals surface area (Å²) in [6.45, 7) is 0. The third-order valence-corrected chi connectivity index (χ3v) is 1.63. The van der Waals surface area contributed by atoms with Gasteiger partial charge in [0.2, 0.25) is 0 Å². The van der Waals surface area contributed by atoms with Gasteiger partial charge < -0.3 is 9.97 Å². The van der Waals surface area contributed by atoms with E-state index in [9.17, 15) is 0 Å². The van der Waals surface area contributed by atoms with Crippen LogP contribution in [0.1, 0.15) is 0 Å². The van der Waals surface area contributed by atoms with E-state index >= 15 is 0 Å². The second-order valence-electron chi connectivity index (χ2n) is 2.12. The molecule has 0 fully saturated rings. The molecule has 0 unspecified atom stereocenters. The summed E-state index contributed by atoms with van der Waals surface area (Å²) in [6.07, 6.45) is 0. The Morgan fingerprint density at radius 1 is 1.00 bits per heavy atom. The number of aromatic amines is 2. The molecule has 2 N–H and O–H groups in total. The first kappa shape index (κ1) is 8.74. The Balaban J connectivity index is 0.000000605. The first-order chi connectivity index (χ1) is 4.86. The van der Waals surface area contributed by atoms with Gasteiger partial charge in [0.05, 0.1) is 11.0 Å². The maximum Gasteiger partial charge on any atom is 1.00 e. The molecule has 0 aliphatic heterocycles. The Bertz CT molecular complexity index is 368. The maximum absolute atomic E-state index is 4.90. The minimum absolute atomic E-state index is 0. The summed E-state index contributed by atoms with van der Waals surface area (Å²) in [5.41, 5.74) is 2.13. The van der Waals surface area contributed by atoms with Crippen LogP contribution < -0.4 is 0 Å². The summed E-state index contributed by atoms with van der Waals surface area (Å²) in [6, 6.07) is 7.92. The number of fused-ring (bicyclic) bond motifs is 1. The normalized spacial score (nSPS) is 9.45. The van der Waals surface area contributed by atoms with Gasteiger partial charge in [0.25, 0.3) is 0 Å². The van der Waals surface area contributed by atoms with Crippen molar-refractivity contribution >= 4 is 23.3 Å². The quantitative estimate of drug-likeness (QED) is 0.556. The molecule has 1 heterocycles. The van der Waals surface area contributed by atoms with Crippen molar-refractivity contribution in [1.29, 1.82) is 0 Å². The van der Waals surface area contributed by atoms with Crippen LogP contribution in [0.4, 0.5) is 0 Å². The topological polar surface area (TPSA) is 31.6 Å². The summed E-state index contributed by atoms with van der Waals surface area (Å²) in [7, 11) is 0. The van der Waals surface area contributed by atoms with Crippen LogP contribution in [0.15, 0.2) is 24.3 Å². The van der Waals surface area contributed by atoms with Gasteiger partial charge in [-0.1, -0.05) is 12.1 Å². The van der Waals surface area contributed by atoms with Crippen LogP contribution in [0.2, 0.25) is 0 Å². The van der Waals surface area contributed by atoms with Crippen molar-refractivity contribution in [2.45, 2.75) is 0 Å². The van der Waals surface area contributed by atoms with Gasteiger partial charge in [-0.25, -0.2) is 0 Å². The summed E-state index contributed by atoms with van der Waals surface area (Å²) in [5, 5.41) is 0. The number of H-pyrrole nitrogens is 2. The molecule has 2 nitrogen and oxygen atoms in total. The molecule has 0 aliphatic carbocycles. The molecule has 0 spiro atoms. The molecule has 2 aromatic rings. The van der Waals surface area contributed by atoms with Gasteiger partial charge >= 0.3 is 22.4 Å². The molecular formula is C7H6AuN2S+. The Kier molecular flexibility index (Phi) is 2.67. The van der Waals surface area contributed by atoms with Crippen molar-refractivity contribution in [3.8, 4) is 0 Å². The van der Waals surface area contributed by atoms with Crippen LogP contribution in [0.5, 0.6) is 0 Å². The Morgan fingerprint density at radius 2 is 1.45 bits per heavy atom. The zero-order valence-corrected chi connectivity index (χ0v) is 8.50. The van der Waals surface area contributed by atoms with E-state index in [1.807, 2.05) is 24.3 Å². The van der Waals surface area contributed by atoms with E-state index < -0.39 is 0 Å². The number of imidazole rings is 1. The fourth-order valence-corrected chi connectivity index (χ4v) is 1.20. The smallest absolute Gasteiger partial charge is 0.331 e. The van der Waals surface area contributed by atoms with E-state index in [4.69, 9.17) is 12.2 Å². The standard InChI is InChI=1S/C7H6N2S.Au/c10-7-8-5-3-1-2-4-6(5)9-7;/h1-4H,(H2,8,9,10);/q;+1. The number of benzene rings is 1. The van der Waals surface area contributed by atoms with Crippen LogP contribution in [0, 0.1) is 4.77 Å². The first-order valence-corrected chi connectivity index (χ1v) is 3.44. The molecule has 0 radical (unpaired) electrons. The van der Waals surface area contributed by atoms with E-state index in [1.165, 1.54) is 0 Å². The number of hydrogen-bond acceptors (Lipinski definition) is 1. The zero-order chi connectivity index (χ0) is 6.97. The molecule has 0 bridgehead atoms. The largest absolute Gasteiger partial charge is 1.00 e. The minimum Gasteiger partial charge on any atom is -0.331 e. The van der Waals surface area contributed by atoms with Crippen molar-refractivity contribution in [2.75, 3.05) is 0 Å². The van der Waals surface area contributed by atoms with Gasteiger partial charge in [0.1, 0.15) is 0 Å². The van der Waals surface area contributed by atoms with Gasteiger partial charge in [0, 0.05) is 0 Å². The fraction of sp³-hybridized carbons (Fsp3) is 0. The van der Waals surface area contributed by atoms with Crippen molar-refractivity contribution in [3.63, 3.8) is 0 Å². The van der Waals surface area contributed by atoms with E-state index in [2.05, 4.69) is 9.97 Å². The summed E-state index contributed by atoms with van der Waals surface area (Å²) < 4.78 is 0.682. The molecule has 0 saturated heterocycles. The number of nitrogens with one attached hydrogen (secondary N) is 2. The fourth-order valence-electron chi connectivity index (χ4n) is 0.977. The molecular weight excluding hydrogens is 341 g/mol. The molecule has 4 heteroatoms. The molecule has 1 aromatic heterocycles. The molecule has 11 heavy (non-hydrogen) atoms. The minimum atomic E-state index is 0. The van der Waals surface area contributed by atoms with E-state index in [-0.39, 0.29) is 22.4 Å². The predicted octanol–water partition coefficient (Wildman–Crippen LogP) is 2.22. The molecule has 0 saturated carbocycles. The summed E-state index contributed by atoms with van der Waals surface area (Å²) in [5.74, 6) is 0. The second-order valence-corrected chi connectivity index (χ2v) is 2.53. The Hall–Kier alpha value is -0.350. The average Bonchev–Trinajstić information content (AvgIpc) is 2.27. The van der Waals surface area contributed by atoms with Gasteiger partial charge in [-0.05, 0) is 24.4 Å². The van der Waals surface area contributed by atoms with E-state index in [0.29, 0.717) is 4.77 Å². The van der Waals surface area contributed by atoms with Gasteiger partial charge in [-0.3, -0.25) is 0 Å². The summed E-state index contributed by atoms with van der Waals surface area (Å²) >= 11 is 4.90. The molecule has 1 aromatic carbocycles.